The molecule has 0 spiro atoms. The quantitative estimate of drug-likeness (QED) is 0.820. The van der Waals surface area contributed by atoms with Crippen molar-refractivity contribution >= 4 is 16.6 Å². The number of benzene rings is 1. The van der Waals surface area contributed by atoms with E-state index in [4.69, 9.17) is 4.74 Å². The average Bonchev–Trinajstić information content (AvgIpc) is 2.83. The molecule has 1 aromatic carbocycles. The Balaban J connectivity index is 1.96. The minimum absolute atomic E-state index is 0.0142. The van der Waals surface area contributed by atoms with E-state index in [1.165, 1.54) is 24.3 Å². The van der Waals surface area contributed by atoms with Gasteiger partial charge in [-0.1, -0.05) is 0 Å². The van der Waals surface area contributed by atoms with Crippen LogP contribution in [0.2, 0.25) is 0 Å². The Morgan fingerprint density at radius 1 is 1.41 bits per heavy atom. The van der Waals surface area contributed by atoms with Gasteiger partial charge in [-0.2, -0.15) is 0 Å². The van der Waals surface area contributed by atoms with Gasteiger partial charge in [-0.25, -0.2) is 4.39 Å². The van der Waals surface area contributed by atoms with Crippen LogP contribution in [0.25, 0.3) is 0 Å². The van der Waals surface area contributed by atoms with E-state index in [0.29, 0.717) is 24.5 Å². The van der Waals surface area contributed by atoms with Crippen molar-refractivity contribution in [2.24, 2.45) is 5.92 Å². The lowest BCUT2D eigenvalue weighted by molar-refractivity contribution is -0.120. The first-order chi connectivity index (χ1) is 8.16. The van der Waals surface area contributed by atoms with Gasteiger partial charge in [0.05, 0.1) is 23.2 Å². The molecule has 1 heterocycles. The third-order valence-electron chi connectivity index (χ3n) is 2.73. The van der Waals surface area contributed by atoms with Crippen LogP contribution < -0.4 is 0 Å². The highest BCUT2D eigenvalue weighted by Crippen LogP contribution is 2.16. The Hall–Kier alpha value is -1.07. The number of Topliss-reactive ketones (excluding diaryl/α,β-unsaturated/α-hetero) is 1. The molecule has 1 fully saturated rings. The van der Waals surface area contributed by atoms with Gasteiger partial charge in [0.1, 0.15) is 5.82 Å². The lowest BCUT2D eigenvalue weighted by Gasteiger charge is -2.06. The van der Waals surface area contributed by atoms with Crippen molar-refractivity contribution in [2.75, 3.05) is 19.0 Å². The van der Waals surface area contributed by atoms with Crippen molar-refractivity contribution in [1.29, 1.82) is 0 Å². The van der Waals surface area contributed by atoms with Gasteiger partial charge >= 0.3 is 0 Å². The summed E-state index contributed by atoms with van der Waals surface area (Å²) in [5.41, 5.74) is 0. The number of ether oxygens (including phenoxy) is 1. The normalized spacial score (nSPS) is 21.4. The summed E-state index contributed by atoms with van der Waals surface area (Å²) in [6, 6.07) is 5.39. The van der Waals surface area contributed by atoms with E-state index >= 15 is 0 Å². The van der Waals surface area contributed by atoms with Crippen LogP contribution in [0.4, 0.5) is 4.39 Å². The topological polar surface area (TPSA) is 43.4 Å². The second-order valence-corrected chi connectivity index (χ2v) is 5.42. The Morgan fingerprint density at radius 3 is 2.71 bits per heavy atom. The average molecular weight is 256 g/mol. The van der Waals surface area contributed by atoms with Crippen LogP contribution in [-0.4, -0.2) is 29.0 Å². The molecule has 0 aliphatic carbocycles. The van der Waals surface area contributed by atoms with Crippen LogP contribution in [0, 0.1) is 11.7 Å². The maximum absolute atomic E-state index is 12.7. The number of carbonyl (C=O) groups is 1. The largest absolute Gasteiger partial charge is 0.381 e. The molecule has 1 aliphatic heterocycles. The summed E-state index contributed by atoms with van der Waals surface area (Å²) < 4.78 is 29.6. The molecule has 0 amide bonds. The number of hydrogen-bond donors (Lipinski definition) is 0. The summed E-state index contributed by atoms with van der Waals surface area (Å²) in [4.78, 5) is 12.2. The number of rotatable bonds is 4. The van der Waals surface area contributed by atoms with Crippen LogP contribution in [0.1, 0.15) is 6.42 Å². The molecule has 2 unspecified atom stereocenters. The molecule has 92 valence electrons. The SMILES string of the molecule is O=C(CS(=O)c1ccc(F)cc1)C1CCOC1. The molecule has 5 heteroatoms. The standard InChI is InChI=1S/C12H13FO3S/c13-10-1-3-11(4-2-10)17(15)8-12(14)9-5-6-16-7-9/h1-4,9H,5-8H2. The smallest absolute Gasteiger partial charge is 0.151 e. The van der Waals surface area contributed by atoms with Gasteiger partial charge in [0.15, 0.2) is 5.78 Å². The minimum atomic E-state index is -1.39. The number of halogens is 1. The molecular weight excluding hydrogens is 243 g/mol. The second kappa shape index (κ2) is 5.51. The Bertz CT molecular complexity index is 424. The maximum atomic E-state index is 12.7. The summed E-state index contributed by atoms with van der Waals surface area (Å²) in [6.07, 6.45) is 0.708. The summed E-state index contributed by atoms with van der Waals surface area (Å²) in [6.45, 7) is 1.03. The van der Waals surface area contributed by atoms with Crippen LogP contribution >= 0.6 is 0 Å². The molecule has 0 aromatic heterocycles. The van der Waals surface area contributed by atoms with Gasteiger partial charge in [-0.3, -0.25) is 9.00 Å². The van der Waals surface area contributed by atoms with E-state index in [1.54, 1.807) is 0 Å². The van der Waals surface area contributed by atoms with Crippen molar-refractivity contribution in [3.8, 4) is 0 Å². The van der Waals surface area contributed by atoms with E-state index in [2.05, 4.69) is 0 Å². The number of hydrogen-bond acceptors (Lipinski definition) is 3. The molecule has 1 aliphatic rings. The van der Waals surface area contributed by atoms with E-state index < -0.39 is 10.8 Å². The van der Waals surface area contributed by atoms with Gasteiger partial charge in [0, 0.05) is 17.4 Å². The number of carbonyl (C=O) groups excluding carboxylic acids is 1. The van der Waals surface area contributed by atoms with Crippen LogP contribution in [-0.2, 0) is 20.3 Å². The third kappa shape index (κ3) is 3.20. The molecule has 1 saturated heterocycles. The van der Waals surface area contributed by atoms with E-state index in [1.807, 2.05) is 0 Å². The van der Waals surface area contributed by atoms with Gasteiger partial charge in [0.2, 0.25) is 0 Å². The lowest BCUT2D eigenvalue weighted by Crippen LogP contribution is -2.21. The van der Waals surface area contributed by atoms with E-state index in [9.17, 15) is 13.4 Å². The van der Waals surface area contributed by atoms with Crippen molar-refractivity contribution < 1.29 is 18.1 Å². The molecule has 17 heavy (non-hydrogen) atoms. The Kier molecular flexibility index (Phi) is 4.02. The van der Waals surface area contributed by atoms with Crippen LogP contribution in [0.5, 0.6) is 0 Å². The first-order valence-electron chi connectivity index (χ1n) is 5.41. The molecule has 0 saturated carbocycles. The minimum Gasteiger partial charge on any atom is -0.381 e. The zero-order valence-electron chi connectivity index (χ0n) is 9.23. The van der Waals surface area contributed by atoms with Crippen LogP contribution in [0.3, 0.4) is 0 Å². The van der Waals surface area contributed by atoms with Gasteiger partial charge in [-0.05, 0) is 30.7 Å². The maximum Gasteiger partial charge on any atom is 0.151 e. The molecule has 0 bridgehead atoms. The van der Waals surface area contributed by atoms with Gasteiger partial charge in [0.25, 0.3) is 0 Å². The highest BCUT2D eigenvalue weighted by Gasteiger charge is 2.25. The monoisotopic (exact) mass is 256 g/mol. The first-order valence-corrected chi connectivity index (χ1v) is 6.73. The number of ketones is 1. The van der Waals surface area contributed by atoms with Crippen molar-refractivity contribution in [2.45, 2.75) is 11.3 Å². The molecule has 0 radical (unpaired) electrons. The van der Waals surface area contributed by atoms with Gasteiger partial charge in [-0.15, -0.1) is 0 Å². The fourth-order valence-electron chi connectivity index (χ4n) is 1.71. The summed E-state index contributed by atoms with van der Waals surface area (Å²) in [5.74, 6) is -0.550. The van der Waals surface area contributed by atoms with Gasteiger partial charge < -0.3 is 4.74 Å². The van der Waals surface area contributed by atoms with Crippen molar-refractivity contribution in [1.82, 2.24) is 0 Å². The zero-order chi connectivity index (χ0) is 12.3. The molecule has 2 atom stereocenters. The van der Waals surface area contributed by atoms with E-state index in [0.717, 1.165) is 0 Å². The molecule has 3 nitrogen and oxygen atoms in total. The Labute approximate surface area is 101 Å². The van der Waals surface area contributed by atoms with Crippen molar-refractivity contribution in [3.63, 3.8) is 0 Å². The fraction of sp³-hybridized carbons (Fsp3) is 0.417. The predicted octanol–water partition coefficient (Wildman–Crippen LogP) is 1.54. The van der Waals surface area contributed by atoms with Crippen molar-refractivity contribution in [3.05, 3.63) is 30.1 Å². The summed E-state index contributed by atoms with van der Waals surface area (Å²) in [7, 11) is -1.39. The lowest BCUT2D eigenvalue weighted by atomic mass is 10.1. The molecular formula is C12H13FO3S. The predicted molar refractivity (Wildman–Crippen MR) is 61.6 cm³/mol. The highest BCUT2D eigenvalue weighted by atomic mass is 32.2. The first kappa shape index (κ1) is 12.4. The molecule has 0 N–H and O–H groups in total. The highest BCUT2D eigenvalue weighted by molar-refractivity contribution is 7.85. The van der Waals surface area contributed by atoms with E-state index in [-0.39, 0.29) is 23.3 Å². The second-order valence-electron chi connectivity index (χ2n) is 3.97. The zero-order valence-corrected chi connectivity index (χ0v) is 10.0. The Morgan fingerprint density at radius 2 is 2.12 bits per heavy atom. The molecule has 2 rings (SSSR count). The fourth-order valence-corrected chi connectivity index (χ4v) is 2.81. The van der Waals surface area contributed by atoms with Crippen LogP contribution in [0.15, 0.2) is 29.2 Å². The summed E-state index contributed by atoms with van der Waals surface area (Å²) >= 11 is 0. The summed E-state index contributed by atoms with van der Waals surface area (Å²) in [5, 5.41) is 0. The third-order valence-corrected chi connectivity index (χ3v) is 4.08. The molecule has 1 aromatic rings.